The van der Waals surface area contributed by atoms with Gasteiger partial charge in [0, 0.05) is 13.6 Å². The van der Waals surface area contributed by atoms with E-state index in [1.807, 2.05) is 18.9 Å². The van der Waals surface area contributed by atoms with Crippen LogP contribution in [0.5, 0.6) is 5.88 Å². The van der Waals surface area contributed by atoms with Crippen LogP contribution >= 0.6 is 11.3 Å². The second-order valence-electron chi connectivity index (χ2n) is 4.25. The molecular formula is C13H18N4OS. The highest BCUT2D eigenvalue weighted by Gasteiger charge is 2.13. The summed E-state index contributed by atoms with van der Waals surface area (Å²) in [6.07, 6.45) is 2.41. The van der Waals surface area contributed by atoms with Crippen molar-refractivity contribution in [2.75, 3.05) is 24.3 Å². The smallest absolute Gasteiger partial charge is 0.242 e. The molecule has 0 aliphatic heterocycles. The molecule has 0 fully saturated rings. The minimum absolute atomic E-state index is 0.462. The molecule has 0 spiro atoms. The van der Waals surface area contributed by atoms with Crippen molar-refractivity contribution in [1.82, 2.24) is 9.97 Å². The van der Waals surface area contributed by atoms with E-state index in [0.29, 0.717) is 24.0 Å². The zero-order valence-corrected chi connectivity index (χ0v) is 12.0. The molecule has 0 saturated carbocycles. The summed E-state index contributed by atoms with van der Waals surface area (Å²) in [4.78, 5) is 10.3. The summed E-state index contributed by atoms with van der Waals surface area (Å²) < 4.78 is 5.51. The number of nitrogen functional groups attached to an aromatic ring is 1. The highest BCUT2D eigenvalue weighted by Crippen LogP contribution is 2.28. The first-order valence-corrected chi connectivity index (χ1v) is 7.12. The number of aromatic nitrogens is 2. The van der Waals surface area contributed by atoms with Gasteiger partial charge in [0.1, 0.15) is 12.0 Å². The molecule has 0 amide bonds. The topological polar surface area (TPSA) is 64.3 Å². The number of rotatable bonds is 6. The third-order valence-corrected chi connectivity index (χ3v) is 3.36. The van der Waals surface area contributed by atoms with E-state index in [2.05, 4.69) is 26.8 Å². The zero-order valence-electron chi connectivity index (χ0n) is 11.2. The van der Waals surface area contributed by atoms with E-state index in [0.717, 1.165) is 13.0 Å². The molecule has 0 radical (unpaired) electrons. The van der Waals surface area contributed by atoms with Gasteiger partial charge in [0.25, 0.3) is 0 Å². The van der Waals surface area contributed by atoms with Crippen LogP contribution in [-0.2, 0) is 6.54 Å². The maximum atomic E-state index is 6.06. The molecule has 0 aliphatic carbocycles. The summed E-state index contributed by atoms with van der Waals surface area (Å²) in [6.45, 7) is 3.41. The lowest BCUT2D eigenvalue weighted by Crippen LogP contribution is -2.19. The highest BCUT2D eigenvalue weighted by molar-refractivity contribution is 7.07. The van der Waals surface area contributed by atoms with Crippen molar-refractivity contribution in [2.45, 2.75) is 19.9 Å². The molecule has 0 bridgehead atoms. The normalized spacial score (nSPS) is 10.4. The monoisotopic (exact) mass is 278 g/mol. The maximum Gasteiger partial charge on any atom is 0.242 e. The summed E-state index contributed by atoms with van der Waals surface area (Å²) >= 11 is 1.68. The Labute approximate surface area is 117 Å². The first-order chi connectivity index (χ1) is 9.22. The molecule has 19 heavy (non-hydrogen) atoms. The van der Waals surface area contributed by atoms with Gasteiger partial charge in [-0.05, 0) is 28.8 Å². The Hall–Kier alpha value is -1.82. The largest absolute Gasteiger partial charge is 0.476 e. The van der Waals surface area contributed by atoms with Gasteiger partial charge < -0.3 is 15.4 Å². The fraction of sp³-hybridized carbons (Fsp3) is 0.385. The van der Waals surface area contributed by atoms with Crippen molar-refractivity contribution in [1.29, 1.82) is 0 Å². The molecule has 5 nitrogen and oxygen atoms in total. The second kappa shape index (κ2) is 6.38. The van der Waals surface area contributed by atoms with E-state index in [1.165, 1.54) is 11.9 Å². The molecule has 2 aromatic heterocycles. The minimum Gasteiger partial charge on any atom is -0.476 e. The highest BCUT2D eigenvalue weighted by atomic mass is 32.1. The molecular weight excluding hydrogens is 260 g/mol. The first-order valence-electron chi connectivity index (χ1n) is 6.17. The minimum atomic E-state index is 0.462. The van der Waals surface area contributed by atoms with Gasteiger partial charge in [-0.1, -0.05) is 6.92 Å². The van der Waals surface area contributed by atoms with Gasteiger partial charge in [-0.2, -0.15) is 16.3 Å². The van der Waals surface area contributed by atoms with E-state index in [-0.39, 0.29) is 0 Å². The van der Waals surface area contributed by atoms with Crippen LogP contribution in [0, 0.1) is 0 Å². The van der Waals surface area contributed by atoms with Crippen molar-refractivity contribution in [3.63, 3.8) is 0 Å². The summed E-state index contributed by atoms with van der Waals surface area (Å²) in [7, 11) is 1.96. The Morgan fingerprint density at radius 3 is 2.95 bits per heavy atom. The summed E-state index contributed by atoms with van der Waals surface area (Å²) in [5.41, 5.74) is 7.80. The van der Waals surface area contributed by atoms with Gasteiger partial charge in [0.05, 0.1) is 6.61 Å². The molecule has 2 aromatic rings. The van der Waals surface area contributed by atoms with Crippen LogP contribution in [-0.4, -0.2) is 23.6 Å². The van der Waals surface area contributed by atoms with Crippen LogP contribution in [0.1, 0.15) is 18.9 Å². The molecule has 0 saturated heterocycles. The van der Waals surface area contributed by atoms with E-state index < -0.39 is 0 Å². The Kier molecular flexibility index (Phi) is 4.57. The summed E-state index contributed by atoms with van der Waals surface area (Å²) in [5, 5.41) is 4.17. The van der Waals surface area contributed by atoms with Gasteiger partial charge in [-0.3, -0.25) is 0 Å². The molecule has 0 aliphatic rings. The molecule has 0 atom stereocenters. The fourth-order valence-corrected chi connectivity index (χ4v) is 2.38. The number of ether oxygens (including phenoxy) is 1. The van der Waals surface area contributed by atoms with Crippen LogP contribution in [0.25, 0.3) is 0 Å². The molecule has 2 heterocycles. The van der Waals surface area contributed by atoms with Crippen molar-refractivity contribution in [2.24, 2.45) is 0 Å². The first kappa shape index (κ1) is 13.6. The third-order valence-electron chi connectivity index (χ3n) is 2.63. The van der Waals surface area contributed by atoms with Crippen LogP contribution in [0.15, 0.2) is 23.2 Å². The summed E-state index contributed by atoms with van der Waals surface area (Å²) in [6, 6.07) is 2.09. The SMILES string of the molecule is CCCOc1ncnc(N(C)Cc2ccsc2)c1N. The van der Waals surface area contributed by atoms with Crippen LogP contribution in [0.4, 0.5) is 11.5 Å². The Bertz CT molecular complexity index is 515. The third kappa shape index (κ3) is 3.35. The number of hydrogen-bond acceptors (Lipinski definition) is 6. The molecule has 102 valence electrons. The van der Waals surface area contributed by atoms with E-state index in [9.17, 15) is 0 Å². The lowest BCUT2D eigenvalue weighted by molar-refractivity contribution is 0.306. The Morgan fingerprint density at radius 2 is 2.26 bits per heavy atom. The number of nitrogens with zero attached hydrogens (tertiary/aromatic N) is 3. The van der Waals surface area contributed by atoms with Gasteiger partial charge in [0.2, 0.25) is 5.88 Å². The molecule has 0 aromatic carbocycles. The van der Waals surface area contributed by atoms with Gasteiger partial charge >= 0.3 is 0 Å². The number of thiophene rings is 1. The van der Waals surface area contributed by atoms with E-state index >= 15 is 0 Å². The van der Waals surface area contributed by atoms with E-state index in [4.69, 9.17) is 10.5 Å². The average Bonchev–Trinajstić information content (AvgIpc) is 2.90. The molecule has 2 rings (SSSR count). The molecule has 2 N–H and O–H groups in total. The zero-order chi connectivity index (χ0) is 13.7. The van der Waals surface area contributed by atoms with Gasteiger partial charge in [0.15, 0.2) is 5.82 Å². The van der Waals surface area contributed by atoms with Crippen LogP contribution in [0.2, 0.25) is 0 Å². The quantitative estimate of drug-likeness (QED) is 0.879. The lowest BCUT2D eigenvalue weighted by Gasteiger charge is -2.20. The number of nitrogens with two attached hydrogens (primary N) is 1. The second-order valence-corrected chi connectivity index (χ2v) is 5.03. The van der Waals surface area contributed by atoms with Crippen molar-refractivity contribution in [3.8, 4) is 5.88 Å². The average molecular weight is 278 g/mol. The summed E-state index contributed by atoms with van der Waals surface area (Å²) in [5.74, 6) is 1.16. The van der Waals surface area contributed by atoms with Crippen molar-refractivity contribution in [3.05, 3.63) is 28.7 Å². The van der Waals surface area contributed by atoms with Crippen molar-refractivity contribution >= 4 is 22.8 Å². The van der Waals surface area contributed by atoms with Gasteiger partial charge in [-0.15, -0.1) is 0 Å². The van der Waals surface area contributed by atoms with Gasteiger partial charge in [-0.25, -0.2) is 4.98 Å². The lowest BCUT2D eigenvalue weighted by atomic mass is 10.3. The number of anilines is 2. The Balaban J connectivity index is 2.14. The van der Waals surface area contributed by atoms with Crippen LogP contribution < -0.4 is 15.4 Å². The number of hydrogen-bond donors (Lipinski definition) is 1. The van der Waals surface area contributed by atoms with Crippen molar-refractivity contribution < 1.29 is 4.74 Å². The molecule has 6 heteroatoms. The predicted molar refractivity (Wildman–Crippen MR) is 78.7 cm³/mol. The fourth-order valence-electron chi connectivity index (χ4n) is 1.72. The van der Waals surface area contributed by atoms with Crippen LogP contribution in [0.3, 0.4) is 0 Å². The molecule has 0 unspecified atom stereocenters. The predicted octanol–water partition coefficient (Wildman–Crippen LogP) is 2.55. The standard InChI is InChI=1S/C13H18N4OS/c1-3-5-18-13-11(14)12(15-9-16-13)17(2)7-10-4-6-19-8-10/h4,6,8-9H,3,5,7,14H2,1-2H3. The maximum absolute atomic E-state index is 6.06. The van der Waals surface area contributed by atoms with E-state index in [1.54, 1.807) is 11.3 Å². The Morgan fingerprint density at radius 1 is 1.42 bits per heavy atom.